The zero-order valence-electron chi connectivity index (χ0n) is 8.66. The van der Waals surface area contributed by atoms with Crippen LogP contribution in [0, 0.1) is 17.2 Å². The highest BCUT2D eigenvalue weighted by Gasteiger charge is 2.34. The van der Waals surface area contributed by atoms with E-state index in [0.717, 1.165) is 5.57 Å². The molecule has 4 heteroatoms. The van der Waals surface area contributed by atoms with Crippen LogP contribution in [0.5, 0.6) is 0 Å². The molecule has 1 aliphatic heterocycles. The standard InChI is InChI=1S/C10H15NO2S/c1-4-13-10(12)8-7(3)6(2)5-14-9(8)11/h5,7-8,11H,4H2,1-3H3. The summed E-state index contributed by atoms with van der Waals surface area (Å²) in [5.41, 5.74) is 1.14. The first-order valence-electron chi connectivity index (χ1n) is 4.66. The molecule has 1 aliphatic rings. The summed E-state index contributed by atoms with van der Waals surface area (Å²) in [6, 6.07) is 0. The maximum atomic E-state index is 11.6. The fourth-order valence-corrected chi connectivity index (χ4v) is 2.34. The third-order valence-corrected chi connectivity index (χ3v) is 3.41. The monoisotopic (exact) mass is 213 g/mol. The van der Waals surface area contributed by atoms with Gasteiger partial charge in [0.05, 0.1) is 11.7 Å². The number of rotatable bonds is 2. The maximum Gasteiger partial charge on any atom is 0.316 e. The highest BCUT2D eigenvalue weighted by molar-refractivity contribution is 8.16. The molecule has 0 saturated carbocycles. The van der Waals surface area contributed by atoms with E-state index in [9.17, 15) is 4.79 Å². The molecule has 14 heavy (non-hydrogen) atoms. The number of hydrogen-bond acceptors (Lipinski definition) is 4. The fraction of sp³-hybridized carbons (Fsp3) is 0.600. The van der Waals surface area contributed by atoms with Gasteiger partial charge >= 0.3 is 5.97 Å². The van der Waals surface area contributed by atoms with Crippen LogP contribution in [0.3, 0.4) is 0 Å². The molecule has 0 amide bonds. The Hall–Kier alpha value is -0.770. The zero-order valence-corrected chi connectivity index (χ0v) is 9.48. The predicted molar refractivity (Wildman–Crippen MR) is 58.4 cm³/mol. The maximum absolute atomic E-state index is 11.6. The van der Waals surface area contributed by atoms with Crippen LogP contribution in [-0.4, -0.2) is 17.6 Å². The number of carbonyl (C=O) groups is 1. The first-order valence-corrected chi connectivity index (χ1v) is 5.54. The van der Waals surface area contributed by atoms with Gasteiger partial charge in [0, 0.05) is 0 Å². The molecule has 2 unspecified atom stereocenters. The van der Waals surface area contributed by atoms with Gasteiger partial charge in [0.2, 0.25) is 0 Å². The lowest BCUT2D eigenvalue weighted by molar-refractivity contribution is -0.146. The van der Waals surface area contributed by atoms with Crippen LogP contribution in [0.15, 0.2) is 11.0 Å². The second-order valence-electron chi connectivity index (χ2n) is 3.36. The molecular weight excluding hydrogens is 198 g/mol. The quantitative estimate of drug-likeness (QED) is 0.717. The van der Waals surface area contributed by atoms with E-state index in [1.165, 1.54) is 11.8 Å². The van der Waals surface area contributed by atoms with Gasteiger partial charge in [-0.25, -0.2) is 0 Å². The molecule has 0 bridgehead atoms. The van der Waals surface area contributed by atoms with Gasteiger partial charge in [0.15, 0.2) is 0 Å². The summed E-state index contributed by atoms with van der Waals surface area (Å²) in [7, 11) is 0. The van der Waals surface area contributed by atoms with Crippen LogP contribution < -0.4 is 0 Å². The molecule has 1 rings (SSSR count). The van der Waals surface area contributed by atoms with Gasteiger partial charge in [-0.1, -0.05) is 24.3 Å². The molecule has 0 spiro atoms. The van der Waals surface area contributed by atoms with Crippen LogP contribution >= 0.6 is 11.8 Å². The molecule has 0 saturated heterocycles. The highest BCUT2D eigenvalue weighted by atomic mass is 32.2. The van der Waals surface area contributed by atoms with Crippen molar-refractivity contribution >= 4 is 22.8 Å². The Kier molecular flexibility index (Phi) is 3.75. The molecule has 1 N–H and O–H groups in total. The van der Waals surface area contributed by atoms with Crippen LogP contribution in [0.1, 0.15) is 20.8 Å². The topological polar surface area (TPSA) is 50.2 Å². The first-order chi connectivity index (χ1) is 6.57. The number of hydrogen-bond donors (Lipinski definition) is 1. The molecule has 0 aromatic rings. The number of thioether (sulfide) groups is 1. The second-order valence-corrected chi connectivity index (χ2v) is 4.27. The number of nitrogens with one attached hydrogen (secondary N) is 1. The Morgan fingerprint density at radius 2 is 2.36 bits per heavy atom. The number of esters is 1. The van der Waals surface area contributed by atoms with Gasteiger partial charge in [-0.2, -0.15) is 0 Å². The Bertz CT molecular complexity index is 286. The molecule has 1 heterocycles. The van der Waals surface area contributed by atoms with E-state index in [-0.39, 0.29) is 11.9 Å². The van der Waals surface area contributed by atoms with Crippen molar-refractivity contribution in [3.63, 3.8) is 0 Å². The van der Waals surface area contributed by atoms with Crippen LogP contribution in [0.2, 0.25) is 0 Å². The summed E-state index contributed by atoms with van der Waals surface area (Å²) in [4.78, 5) is 11.6. The molecule has 0 radical (unpaired) electrons. The normalized spacial score (nSPS) is 27.1. The SMILES string of the molecule is CCOC(=O)C1C(=N)SC=C(C)C1C. The fourth-order valence-electron chi connectivity index (χ4n) is 1.37. The van der Waals surface area contributed by atoms with Crippen molar-refractivity contribution in [3.05, 3.63) is 11.0 Å². The van der Waals surface area contributed by atoms with Crippen molar-refractivity contribution in [2.75, 3.05) is 6.61 Å². The van der Waals surface area contributed by atoms with E-state index in [1.54, 1.807) is 6.92 Å². The minimum absolute atomic E-state index is 0.0859. The summed E-state index contributed by atoms with van der Waals surface area (Å²) >= 11 is 1.31. The second kappa shape index (κ2) is 4.64. The Morgan fingerprint density at radius 3 is 2.93 bits per heavy atom. The van der Waals surface area contributed by atoms with E-state index in [4.69, 9.17) is 10.1 Å². The van der Waals surface area contributed by atoms with Crippen molar-refractivity contribution in [2.45, 2.75) is 20.8 Å². The molecule has 0 aliphatic carbocycles. The molecule has 78 valence electrons. The third-order valence-electron chi connectivity index (χ3n) is 2.41. The average Bonchev–Trinajstić information content (AvgIpc) is 2.13. The minimum Gasteiger partial charge on any atom is -0.465 e. The summed E-state index contributed by atoms with van der Waals surface area (Å²) in [6.07, 6.45) is 0. The largest absolute Gasteiger partial charge is 0.465 e. The first kappa shape index (κ1) is 11.3. The van der Waals surface area contributed by atoms with Gasteiger partial charge in [-0.3, -0.25) is 10.2 Å². The van der Waals surface area contributed by atoms with Crippen molar-refractivity contribution in [1.29, 1.82) is 5.41 Å². The summed E-state index contributed by atoms with van der Waals surface area (Å²) in [5, 5.41) is 10.0. The van der Waals surface area contributed by atoms with Crippen molar-refractivity contribution in [2.24, 2.45) is 11.8 Å². The van der Waals surface area contributed by atoms with Crippen LogP contribution in [-0.2, 0) is 9.53 Å². The summed E-state index contributed by atoms with van der Waals surface area (Å²) < 4.78 is 4.95. The molecule has 2 atom stereocenters. The molecule has 0 fully saturated rings. The van der Waals surface area contributed by atoms with Crippen LogP contribution in [0.4, 0.5) is 0 Å². The Labute approximate surface area is 88.4 Å². The smallest absolute Gasteiger partial charge is 0.316 e. The molecule has 0 aromatic carbocycles. The minimum atomic E-state index is -0.398. The zero-order chi connectivity index (χ0) is 10.7. The Balaban J connectivity index is 2.81. The van der Waals surface area contributed by atoms with Crippen molar-refractivity contribution in [1.82, 2.24) is 0 Å². The van der Waals surface area contributed by atoms with E-state index < -0.39 is 5.92 Å². The van der Waals surface area contributed by atoms with Gasteiger partial charge in [-0.15, -0.1) is 0 Å². The van der Waals surface area contributed by atoms with E-state index in [2.05, 4.69) is 0 Å². The lowest BCUT2D eigenvalue weighted by atomic mass is 9.89. The lowest BCUT2D eigenvalue weighted by Gasteiger charge is -2.26. The number of allylic oxidation sites excluding steroid dienone is 1. The van der Waals surface area contributed by atoms with E-state index >= 15 is 0 Å². The highest BCUT2D eigenvalue weighted by Crippen LogP contribution is 2.33. The van der Waals surface area contributed by atoms with E-state index in [0.29, 0.717) is 11.7 Å². The van der Waals surface area contributed by atoms with Crippen LogP contribution in [0.25, 0.3) is 0 Å². The van der Waals surface area contributed by atoms with Crippen molar-refractivity contribution in [3.8, 4) is 0 Å². The van der Waals surface area contributed by atoms with Gasteiger partial charge in [0.1, 0.15) is 5.92 Å². The summed E-state index contributed by atoms with van der Waals surface area (Å²) in [6.45, 7) is 6.10. The summed E-state index contributed by atoms with van der Waals surface area (Å²) in [5.74, 6) is -0.585. The molecular formula is C10H15NO2S. The molecule has 0 aromatic heterocycles. The molecule has 3 nitrogen and oxygen atoms in total. The van der Waals surface area contributed by atoms with Gasteiger partial charge in [0.25, 0.3) is 0 Å². The third kappa shape index (κ3) is 2.18. The van der Waals surface area contributed by atoms with Gasteiger partial charge in [-0.05, 0) is 25.2 Å². The Morgan fingerprint density at radius 1 is 1.71 bits per heavy atom. The van der Waals surface area contributed by atoms with Gasteiger partial charge < -0.3 is 4.74 Å². The average molecular weight is 213 g/mol. The number of ether oxygens (including phenoxy) is 1. The predicted octanol–water partition coefficient (Wildman–Crippen LogP) is 2.43. The number of carbonyl (C=O) groups excluding carboxylic acids is 1. The van der Waals surface area contributed by atoms with Crippen molar-refractivity contribution < 1.29 is 9.53 Å². The van der Waals surface area contributed by atoms with E-state index in [1.807, 2.05) is 19.3 Å². The lowest BCUT2D eigenvalue weighted by Crippen LogP contribution is -2.32.